The molecule has 0 amide bonds. The highest BCUT2D eigenvalue weighted by Gasteiger charge is 2.27. The van der Waals surface area contributed by atoms with E-state index in [9.17, 15) is 5.11 Å². The molecule has 0 fully saturated rings. The van der Waals surface area contributed by atoms with Crippen molar-refractivity contribution in [1.29, 1.82) is 0 Å². The predicted octanol–water partition coefficient (Wildman–Crippen LogP) is 1.11. The molecular weight excluding hydrogens is 190 g/mol. The molecule has 0 saturated heterocycles. The van der Waals surface area contributed by atoms with Crippen LogP contribution in [0.5, 0.6) is 0 Å². The zero-order valence-electron chi connectivity index (χ0n) is 9.82. The maximum absolute atomic E-state index is 10.3. The molecule has 86 valence electrons. The van der Waals surface area contributed by atoms with E-state index in [1.807, 2.05) is 24.7 Å². The topological polar surface area (TPSA) is 50.1 Å². The van der Waals surface area contributed by atoms with Crippen molar-refractivity contribution in [3.63, 3.8) is 0 Å². The largest absolute Gasteiger partial charge is 0.382 e. The third-order valence-electron chi connectivity index (χ3n) is 2.52. The summed E-state index contributed by atoms with van der Waals surface area (Å²) in [5.74, 6) is 0.764. The van der Waals surface area contributed by atoms with Gasteiger partial charge in [-0.05, 0) is 33.4 Å². The molecule has 1 rings (SSSR count). The first-order chi connectivity index (χ1) is 7.11. The Balaban J connectivity index is 2.78. The first-order valence-electron chi connectivity index (χ1n) is 5.50. The molecule has 2 N–H and O–H groups in total. The molecule has 1 unspecified atom stereocenters. The van der Waals surface area contributed by atoms with Gasteiger partial charge in [-0.25, -0.2) is 4.98 Å². The van der Waals surface area contributed by atoms with Crippen molar-refractivity contribution < 1.29 is 5.11 Å². The smallest absolute Gasteiger partial charge is 0.140 e. The van der Waals surface area contributed by atoms with Gasteiger partial charge < -0.3 is 15.0 Å². The predicted molar refractivity (Wildman–Crippen MR) is 60.6 cm³/mol. The molecule has 1 aromatic rings. The van der Waals surface area contributed by atoms with Crippen LogP contribution in [0.3, 0.4) is 0 Å². The Morgan fingerprint density at radius 1 is 1.60 bits per heavy atom. The van der Waals surface area contributed by atoms with Crippen molar-refractivity contribution in [1.82, 2.24) is 14.9 Å². The van der Waals surface area contributed by atoms with Crippen LogP contribution in [0.2, 0.25) is 0 Å². The lowest BCUT2D eigenvalue weighted by molar-refractivity contribution is 0.0355. The first kappa shape index (κ1) is 12.2. The fraction of sp³-hybridized carbons (Fsp3) is 0.727. The van der Waals surface area contributed by atoms with Gasteiger partial charge in [0.2, 0.25) is 0 Å². The first-order valence-corrected chi connectivity index (χ1v) is 5.50. The maximum Gasteiger partial charge on any atom is 0.140 e. The van der Waals surface area contributed by atoms with E-state index in [-0.39, 0.29) is 0 Å². The highest BCUT2D eigenvalue weighted by Crippen LogP contribution is 2.22. The van der Waals surface area contributed by atoms with E-state index in [0.717, 1.165) is 25.3 Å². The van der Waals surface area contributed by atoms with E-state index in [4.69, 9.17) is 0 Å². The molecule has 4 nitrogen and oxygen atoms in total. The minimum absolute atomic E-state index is 0.671. The standard InChI is InChI=1S/C11H21N3O/c1-4-8-14-9-7-13-10(14)11(2,15)5-6-12-3/h7,9,12,15H,4-6,8H2,1-3H3. The van der Waals surface area contributed by atoms with Crippen LogP contribution >= 0.6 is 0 Å². The minimum Gasteiger partial charge on any atom is -0.382 e. The van der Waals surface area contributed by atoms with E-state index >= 15 is 0 Å². The molecule has 0 spiro atoms. The Morgan fingerprint density at radius 2 is 2.33 bits per heavy atom. The number of aromatic nitrogens is 2. The molecule has 0 aliphatic rings. The van der Waals surface area contributed by atoms with Gasteiger partial charge >= 0.3 is 0 Å². The van der Waals surface area contributed by atoms with Crippen molar-refractivity contribution in [2.24, 2.45) is 0 Å². The summed E-state index contributed by atoms with van der Waals surface area (Å²) in [4.78, 5) is 4.24. The summed E-state index contributed by atoms with van der Waals surface area (Å²) in [6.07, 6.45) is 5.39. The number of rotatable bonds is 6. The van der Waals surface area contributed by atoms with E-state index in [2.05, 4.69) is 17.2 Å². The third-order valence-corrected chi connectivity index (χ3v) is 2.52. The normalized spacial score (nSPS) is 15.2. The van der Waals surface area contributed by atoms with Gasteiger partial charge in [0, 0.05) is 18.9 Å². The van der Waals surface area contributed by atoms with Gasteiger partial charge in [0.15, 0.2) is 0 Å². The third kappa shape index (κ3) is 3.04. The zero-order valence-corrected chi connectivity index (χ0v) is 9.82. The SMILES string of the molecule is CCCn1ccnc1C(C)(O)CCNC. The van der Waals surface area contributed by atoms with E-state index < -0.39 is 5.60 Å². The monoisotopic (exact) mass is 211 g/mol. The molecule has 0 bridgehead atoms. The molecule has 0 aliphatic heterocycles. The molecule has 0 aliphatic carbocycles. The van der Waals surface area contributed by atoms with Gasteiger partial charge in [0.1, 0.15) is 11.4 Å². The molecule has 1 aromatic heterocycles. The van der Waals surface area contributed by atoms with E-state index in [1.165, 1.54) is 0 Å². The average molecular weight is 211 g/mol. The van der Waals surface area contributed by atoms with Crippen LogP contribution in [0.15, 0.2) is 12.4 Å². The summed E-state index contributed by atoms with van der Waals surface area (Å²) in [5.41, 5.74) is -0.846. The Kier molecular flexibility index (Phi) is 4.29. The van der Waals surface area contributed by atoms with Gasteiger partial charge in [-0.3, -0.25) is 0 Å². The Bertz CT molecular complexity index is 294. The van der Waals surface area contributed by atoms with Crippen LogP contribution in [0.1, 0.15) is 32.5 Å². The second-order valence-corrected chi connectivity index (χ2v) is 4.07. The zero-order chi connectivity index (χ0) is 11.3. The van der Waals surface area contributed by atoms with Crippen LogP contribution in [-0.2, 0) is 12.1 Å². The number of nitrogens with one attached hydrogen (secondary N) is 1. The van der Waals surface area contributed by atoms with Gasteiger partial charge in [-0.2, -0.15) is 0 Å². The molecule has 4 heteroatoms. The molecular formula is C11H21N3O. The minimum atomic E-state index is -0.846. The van der Waals surface area contributed by atoms with Crippen LogP contribution in [-0.4, -0.2) is 28.3 Å². The highest BCUT2D eigenvalue weighted by atomic mass is 16.3. The second kappa shape index (κ2) is 5.28. The number of hydrogen-bond donors (Lipinski definition) is 2. The van der Waals surface area contributed by atoms with Crippen molar-refractivity contribution >= 4 is 0 Å². The number of aliphatic hydroxyl groups is 1. The van der Waals surface area contributed by atoms with Crippen LogP contribution in [0.25, 0.3) is 0 Å². The summed E-state index contributed by atoms with van der Waals surface area (Å²) >= 11 is 0. The van der Waals surface area contributed by atoms with Crippen molar-refractivity contribution in [3.8, 4) is 0 Å². The highest BCUT2D eigenvalue weighted by molar-refractivity contribution is 5.03. The summed E-state index contributed by atoms with van der Waals surface area (Å²) < 4.78 is 2.02. The van der Waals surface area contributed by atoms with Gasteiger partial charge in [0.25, 0.3) is 0 Å². The fourth-order valence-electron chi connectivity index (χ4n) is 1.68. The van der Waals surface area contributed by atoms with Gasteiger partial charge in [0.05, 0.1) is 0 Å². The summed E-state index contributed by atoms with van der Waals surface area (Å²) in [6.45, 7) is 5.63. The Hall–Kier alpha value is -0.870. The summed E-state index contributed by atoms with van der Waals surface area (Å²) in [5, 5.41) is 13.3. The van der Waals surface area contributed by atoms with Crippen molar-refractivity contribution in [3.05, 3.63) is 18.2 Å². The lowest BCUT2D eigenvalue weighted by atomic mass is 10.0. The summed E-state index contributed by atoms with van der Waals surface area (Å²) in [6, 6.07) is 0. The lowest BCUT2D eigenvalue weighted by Crippen LogP contribution is -2.30. The number of imidazole rings is 1. The second-order valence-electron chi connectivity index (χ2n) is 4.07. The lowest BCUT2D eigenvalue weighted by Gasteiger charge is -2.23. The molecule has 1 heterocycles. The molecule has 1 atom stereocenters. The van der Waals surface area contributed by atoms with E-state index in [0.29, 0.717) is 6.42 Å². The molecule has 0 saturated carbocycles. The fourth-order valence-corrected chi connectivity index (χ4v) is 1.68. The van der Waals surface area contributed by atoms with Crippen LogP contribution < -0.4 is 5.32 Å². The Labute approximate surface area is 91.3 Å². The number of aryl methyl sites for hydroxylation is 1. The van der Waals surface area contributed by atoms with Crippen LogP contribution in [0.4, 0.5) is 0 Å². The molecule has 0 aromatic carbocycles. The van der Waals surface area contributed by atoms with Crippen molar-refractivity contribution in [2.75, 3.05) is 13.6 Å². The van der Waals surface area contributed by atoms with Gasteiger partial charge in [-0.1, -0.05) is 6.92 Å². The molecule has 0 radical (unpaired) electrons. The maximum atomic E-state index is 10.3. The van der Waals surface area contributed by atoms with Gasteiger partial charge in [-0.15, -0.1) is 0 Å². The molecule has 15 heavy (non-hydrogen) atoms. The number of hydrogen-bond acceptors (Lipinski definition) is 3. The number of nitrogens with zero attached hydrogens (tertiary/aromatic N) is 2. The summed E-state index contributed by atoms with van der Waals surface area (Å²) in [7, 11) is 1.88. The van der Waals surface area contributed by atoms with Crippen LogP contribution in [0, 0.1) is 0 Å². The van der Waals surface area contributed by atoms with Crippen molar-refractivity contribution in [2.45, 2.75) is 38.8 Å². The Morgan fingerprint density at radius 3 is 2.93 bits per heavy atom. The average Bonchev–Trinajstić information content (AvgIpc) is 2.64. The van der Waals surface area contributed by atoms with E-state index in [1.54, 1.807) is 6.20 Å². The quantitative estimate of drug-likeness (QED) is 0.741.